The van der Waals surface area contributed by atoms with Crippen molar-refractivity contribution in [1.82, 2.24) is 9.55 Å². The van der Waals surface area contributed by atoms with E-state index in [1.54, 1.807) is 12.3 Å². The van der Waals surface area contributed by atoms with Crippen molar-refractivity contribution >= 4 is 16.7 Å². The minimum Gasteiger partial charge on any atom is -0.398 e. The van der Waals surface area contributed by atoms with E-state index in [1.165, 1.54) is 0 Å². The first-order valence-corrected chi connectivity index (χ1v) is 5.77. The zero-order valence-corrected chi connectivity index (χ0v) is 9.41. The van der Waals surface area contributed by atoms with Gasteiger partial charge in [-0.3, -0.25) is 0 Å². The molecule has 3 N–H and O–H groups in total. The maximum Gasteiger partial charge on any atom is 0.144 e. The number of ether oxygens (including phenoxy) is 1. The van der Waals surface area contributed by atoms with Crippen LogP contribution in [0.2, 0.25) is 0 Å². The van der Waals surface area contributed by atoms with Crippen LogP contribution in [0.5, 0.6) is 0 Å². The third-order valence-electron chi connectivity index (χ3n) is 3.25. The molecule has 2 atom stereocenters. The van der Waals surface area contributed by atoms with E-state index in [4.69, 9.17) is 15.6 Å². The Morgan fingerprint density at radius 1 is 1.47 bits per heavy atom. The van der Waals surface area contributed by atoms with Crippen LogP contribution in [0.25, 0.3) is 11.0 Å². The molecule has 0 radical (unpaired) electrons. The summed E-state index contributed by atoms with van der Waals surface area (Å²) in [4.78, 5) is 4.34. The summed E-state index contributed by atoms with van der Waals surface area (Å²) >= 11 is 0. The smallest absolute Gasteiger partial charge is 0.144 e. The lowest BCUT2D eigenvalue weighted by molar-refractivity contribution is -0.0204. The summed E-state index contributed by atoms with van der Waals surface area (Å²) in [6.07, 6.45) is 5.32. The first-order valence-electron chi connectivity index (χ1n) is 5.77. The van der Waals surface area contributed by atoms with Gasteiger partial charge in [-0.15, -0.1) is 0 Å². The number of nitrogens with zero attached hydrogens (tertiary/aromatic N) is 2. The van der Waals surface area contributed by atoms with Crippen molar-refractivity contribution in [3.8, 4) is 0 Å². The molecule has 0 spiro atoms. The molecule has 3 heterocycles. The van der Waals surface area contributed by atoms with Crippen LogP contribution in [0, 0.1) is 0 Å². The van der Waals surface area contributed by atoms with Gasteiger partial charge >= 0.3 is 0 Å². The van der Waals surface area contributed by atoms with Gasteiger partial charge in [0.1, 0.15) is 11.9 Å². The normalized spacial score (nSPS) is 24.5. The highest BCUT2D eigenvalue weighted by atomic mass is 16.5. The highest BCUT2D eigenvalue weighted by molar-refractivity contribution is 5.88. The van der Waals surface area contributed by atoms with E-state index in [0.717, 1.165) is 29.6 Å². The predicted molar refractivity (Wildman–Crippen MR) is 64.4 cm³/mol. The summed E-state index contributed by atoms with van der Waals surface area (Å²) < 4.78 is 7.72. The number of hydrogen-bond acceptors (Lipinski definition) is 4. The van der Waals surface area contributed by atoms with Gasteiger partial charge in [0.25, 0.3) is 0 Å². The lowest BCUT2D eigenvalue weighted by Gasteiger charge is -2.14. The molecule has 0 saturated carbocycles. The van der Waals surface area contributed by atoms with E-state index in [1.807, 2.05) is 16.8 Å². The summed E-state index contributed by atoms with van der Waals surface area (Å²) in [5.41, 5.74) is 7.46. The van der Waals surface area contributed by atoms with Gasteiger partial charge in [0.05, 0.1) is 12.7 Å². The zero-order chi connectivity index (χ0) is 11.8. The van der Waals surface area contributed by atoms with Gasteiger partial charge in [-0.1, -0.05) is 0 Å². The maximum atomic E-state index is 9.07. The number of aliphatic hydroxyl groups is 1. The summed E-state index contributed by atoms with van der Waals surface area (Å²) in [6, 6.07) is 3.74. The Balaban J connectivity index is 1.99. The van der Waals surface area contributed by atoms with Crippen molar-refractivity contribution < 1.29 is 9.84 Å². The summed E-state index contributed by atoms with van der Waals surface area (Å²) in [5, 5.41) is 10.0. The molecule has 1 aliphatic heterocycles. The second kappa shape index (κ2) is 4.01. The van der Waals surface area contributed by atoms with Crippen molar-refractivity contribution in [2.45, 2.75) is 25.2 Å². The second-order valence-corrected chi connectivity index (χ2v) is 4.33. The van der Waals surface area contributed by atoms with E-state index < -0.39 is 0 Å². The quantitative estimate of drug-likeness (QED) is 0.819. The molecule has 1 saturated heterocycles. The van der Waals surface area contributed by atoms with Crippen molar-refractivity contribution in [1.29, 1.82) is 0 Å². The average Bonchev–Trinajstić information content (AvgIpc) is 2.94. The highest BCUT2D eigenvalue weighted by Gasteiger charge is 2.26. The Hall–Kier alpha value is -1.59. The number of aromatic nitrogens is 2. The Bertz CT molecular complexity index is 538. The van der Waals surface area contributed by atoms with Gasteiger partial charge in [-0.25, -0.2) is 4.98 Å². The number of aliphatic hydroxyl groups excluding tert-OH is 1. The molecule has 5 heteroatoms. The minimum absolute atomic E-state index is 0.0426. The molecule has 5 nitrogen and oxygen atoms in total. The predicted octanol–water partition coefficient (Wildman–Crippen LogP) is 1.29. The molecule has 2 aromatic rings. The highest BCUT2D eigenvalue weighted by Crippen LogP contribution is 2.31. The SMILES string of the molecule is Nc1ccnc2c1ccn2[C@@H]1CC[C@@H](CO)O1. The van der Waals surface area contributed by atoms with Crippen molar-refractivity contribution in [2.24, 2.45) is 0 Å². The number of anilines is 1. The Morgan fingerprint density at radius 2 is 2.35 bits per heavy atom. The number of pyridine rings is 1. The molecule has 1 fully saturated rings. The van der Waals surface area contributed by atoms with Crippen LogP contribution in [0.4, 0.5) is 5.69 Å². The molecule has 0 unspecified atom stereocenters. The van der Waals surface area contributed by atoms with Crippen LogP contribution in [-0.2, 0) is 4.74 Å². The molecule has 1 aliphatic rings. The molecule has 3 rings (SSSR count). The standard InChI is InChI=1S/C12H15N3O2/c13-10-3-5-14-12-9(10)4-6-15(12)11-2-1-8(7-16)17-11/h3-6,8,11,16H,1-2,7H2,(H2,13,14)/t8-,11-/m0/s1. The van der Waals surface area contributed by atoms with Crippen LogP contribution in [0.15, 0.2) is 24.5 Å². The van der Waals surface area contributed by atoms with Gasteiger partial charge < -0.3 is 20.1 Å². The van der Waals surface area contributed by atoms with Crippen LogP contribution in [0.3, 0.4) is 0 Å². The number of rotatable bonds is 2. The maximum absolute atomic E-state index is 9.07. The van der Waals surface area contributed by atoms with Crippen LogP contribution >= 0.6 is 0 Å². The molecule has 0 amide bonds. The molecule has 0 bridgehead atoms. The fraction of sp³-hybridized carbons (Fsp3) is 0.417. The molecule has 0 aromatic carbocycles. The van der Waals surface area contributed by atoms with E-state index in [0.29, 0.717) is 0 Å². The summed E-state index contributed by atoms with van der Waals surface area (Å²) in [7, 11) is 0. The Labute approximate surface area is 98.8 Å². The first kappa shape index (κ1) is 10.6. The minimum atomic E-state index is -0.0569. The Morgan fingerprint density at radius 3 is 3.12 bits per heavy atom. The van der Waals surface area contributed by atoms with E-state index in [2.05, 4.69) is 4.98 Å². The fourth-order valence-electron chi connectivity index (χ4n) is 2.34. The fourth-order valence-corrected chi connectivity index (χ4v) is 2.34. The van der Waals surface area contributed by atoms with Gasteiger partial charge in [0.2, 0.25) is 0 Å². The molecule has 17 heavy (non-hydrogen) atoms. The molecule has 90 valence electrons. The average molecular weight is 233 g/mol. The number of fused-ring (bicyclic) bond motifs is 1. The van der Waals surface area contributed by atoms with Crippen LogP contribution in [-0.4, -0.2) is 27.4 Å². The van der Waals surface area contributed by atoms with Crippen molar-refractivity contribution in [3.63, 3.8) is 0 Å². The lowest BCUT2D eigenvalue weighted by atomic mass is 10.2. The largest absolute Gasteiger partial charge is 0.398 e. The molecule has 0 aliphatic carbocycles. The molecule has 2 aromatic heterocycles. The van der Waals surface area contributed by atoms with Crippen molar-refractivity contribution in [3.05, 3.63) is 24.5 Å². The topological polar surface area (TPSA) is 73.3 Å². The van der Waals surface area contributed by atoms with Gasteiger partial charge in [0, 0.05) is 23.5 Å². The third-order valence-corrected chi connectivity index (χ3v) is 3.25. The molecular weight excluding hydrogens is 218 g/mol. The van der Waals surface area contributed by atoms with E-state index >= 15 is 0 Å². The molecular formula is C12H15N3O2. The van der Waals surface area contributed by atoms with Crippen LogP contribution in [0.1, 0.15) is 19.1 Å². The summed E-state index contributed by atoms with van der Waals surface area (Å²) in [6.45, 7) is 0.0747. The van der Waals surface area contributed by atoms with Gasteiger partial charge in [-0.05, 0) is 25.0 Å². The van der Waals surface area contributed by atoms with E-state index in [9.17, 15) is 0 Å². The second-order valence-electron chi connectivity index (χ2n) is 4.33. The Kier molecular flexibility index (Phi) is 2.49. The monoisotopic (exact) mass is 233 g/mol. The number of nitrogens with two attached hydrogens (primary N) is 1. The number of hydrogen-bond donors (Lipinski definition) is 2. The van der Waals surface area contributed by atoms with Crippen LogP contribution < -0.4 is 5.73 Å². The summed E-state index contributed by atoms with van der Waals surface area (Å²) in [5.74, 6) is 0. The van der Waals surface area contributed by atoms with Crippen molar-refractivity contribution in [2.75, 3.05) is 12.3 Å². The lowest BCUT2D eigenvalue weighted by Crippen LogP contribution is -2.14. The van der Waals surface area contributed by atoms with E-state index in [-0.39, 0.29) is 18.9 Å². The van der Waals surface area contributed by atoms with Gasteiger partial charge in [0.15, 0.2) is 0 Å². The first-order chi connectivity index (χ1) is 8.29. The number of nitrogen functional groups attached to an aromatic ring is 1. The zero-order valence-electron chi connectivity index (χ0n) is 9.41. The van der Waals surface area contributed by atoms with Gasteiger partial charge in [-0.2, -0.15) is 0 Å². The third kappa shape index (κ3) is 1.67.